The Morgan fingerprint density at radius 1 is 1.73 bits per heavy atom. The van der Waals surface area contributed by atoms with Gasteiger partial charge < -0.3 is 16.4 Å². The molecule has 0 rings (SSSR count). The van der Waals surface area contributed by atoms with Crippen molar-refractivity contribution in [3.05, 3.63) is 0 Å². The molecular formula is C5H16N6. The Morgan fingerprint density at radius 3 is 2.64 bits per heavy atom. The fraction of sp³-hybridized carbons (Fsp3) is 0.800. The topological polar surface area (TPSA) is 106 Å². The van der Waals surface area contributed by atoms with Crippen LogP contribution in [0.25, 0.3) is 0 Å². The zero-order valence-corrected chi connectivity index (χ0v) is 6.91. The highest BCUT2D eigenvalue weighted by Crippen LogP contribution is 1.82. The van der Waals surface area contributed by atoms with Gasteiger partial charge in [-0.2, -0.15) is 0 Å². The van der Waals surface area contributed by atoms with Crippen molar-refractivity contribution in [2.24, 2.45) is 22.2 Å². The molecule has 0 spiro atoms. The van der Waals surface area contributed by atoms with Gasteiger partial charge in [-0.15, -0.1) is 0 Å². The molecule has 7 N–H and O–H groups in total. The van der Waals surface area contributed by atoms with Gasteiger partial charge in [-0.1, -0.05) is 0 Å². The maximum Gasteiger partial charge on any atom is 0.194 e. The van der Waals surface area contributed by atoms with E-state index in [0.29, 0.717) is 5.96 Å². The standard InChI is InChI=1S/C5H16N6/c1-9-4(7)11(2)5(8)10-3-6/h4,9H,3,6-7H2,1-2H3,(H2,8,10). The highest BCUT2D eigenvalue weighted by Gasteiger charge is 2.07. The van der Waals surface area contributed by atoms with Crippen molar-refractivity contribution in [1.82, 2.24) is 10.2 Å². The predicted octanol–water partition coefficient (Wildman–Crippen LogP) is -2.39. The lowest BCUT2D eigenvalue weighted by molar-refractivity contribution is 0.328. The van der Waals surface area contributed by atoms with Crippen molar-refractivity contribution in [3.63, 3.8) is 0 Å². The maximum atomic E-state index is 5.56. The van der Waals surface area contributed by atoms with Crippen LogP contribution in [0, 0.1) is 0 Å². The fourth-order valence-corrected chi connectivity index (χ4v) is 0.541. The van der Waals surface area contributed by atoms with Crippen molar-refractivity contribution >= 4 is 5.96 Å². The van der Waals surface area contributed by atoms with Gasteiger partial charge in [-0.25, -0.2) is 4.99 Å². The first-order valence-electron chi connectivity index (χ1n) is 3.29. The molecule has 0 aromatic carbocycles. The van der Waals surface area contributed by atoms with Crippen LogP contribution in [-0.2, 0) is 0 Å². The fourth-order valence-electron chi connectivity index (χ4n) is 0.541. The Bertz CT molecular complexity index is 133. The van der Waals surface area contributed by atoms with Gasteiger partial charge >= 0.3 is 0 Å². The summed E-state index contributed by atoms with van der Waals surface area (Å²) in [4.78, 5) is 5.36. The number of aliphatic imine (C=N–C) groups is 1. The van der Waals surface area contributed by atoms with Gasteiger partial charge in [-0.05, 0) is 7.05 Å². The molecule has 0 aromatic rings. The molecule has 0 aliphatic carbocycles. The molecule has 0 heterocycles. The molecule has 0 saturated heterocycles. The molecule has 0 amide bonds. The van der Waals surface area contributed by atoms with Crippen LogP contribution in [0.5, 0.6) is 0 Å². The third-order valence-electron chi connectivity index (χ3n) is 1.33. The number of guanidine groups is 1. The van der Waals surface area contributed by atoms with Crippen LogP contribution in [0.15, 0.2) is 4.99 Å². The highest BCUT2D eigenvalue weighted by molar-refractivity contribution is 5.77. The van der Waals surface area contributed by atoms with Crippen LogP contribution in [0.3, 0.4) is 0 Å². The van der Waals surface area contributed by atoms with Crippen molar-refractivity contribution in [3.8, 4) is 0 Å². The molecule has 0 fully saturated rings. The Kier molecular flexibility index (Phi) is 4.51. The molecule has 1 unspecified atom stereocenters. The molecule has 6 heteroatoms. The van der Waals surface area contributed by atoms with E-state index in [1.807, 2.05) is 0 Å². The maximum absolute atomic E-state index is 5.56. The largest absolute Gasteiger partial charge is 0.370 e. The Hall–Kier alpha value is -0.850. The van der Waals surface area contributed by atoms with Crippen LogP contribution in [-0.4, -0.2) is 37.9 Å². The van der Waals surface area contributed by atoms with Gasteiger partial charge in [0.1, 0.15) is 6.29 Å². The lowest BCUT2D eigenvalue weighted by atomic mass is 10.6. The van der Waals surface area contributed by atoms with E-state index in [4.69, 9.17) is 17.2 Å². The van der Waals surface area contributed by atoms with Crippen LogP contribution in [0.1, 0.15) is 0 Å². The minimum absolute atomic E-state index is 0.173. The third kappa shape index (κ3) is 3.17. The monoisotopic (exact) mass is 160 g/mol. The molecule has 0 saturated carbocycles. The zero-order valence-electron chi connectivity index (χ0n) is 6.91. The lowest BCUT2D eigenvalue weighted by Crippen LogP contribution is -2.53. The summed E-state index contributed by atoms with van der Waals surface area (Å²) >= 11 is 0. The second-order valence-electron chi connectivity index (χ2n) is 2.04. The summed E-state index contributed by atoms with van der Waals surface area (Å²) in [6.45, 7) is 0.173. The lowest BCUT2D eigenvalue weighted by Gasteiger charge is -2.24. The van der Waals surface area contributed by atoms with Crippen molar-refractivity contribution in [1.29, 1.82) is 0 Å². The predicted molar refractivity (Wildman–Crippen MR) is 45.5 cm³/mol. The molecule has 66 valence electrons. The number of nitrogens with two attached hydrogens (primary N) is 3. The molecule has 0 aliphatic rings. The van der Waals surface area contributed by atoms with Crippen LogP contribution in [0.4, 0.5) is 0 Å². The van der Waals surface area contributed by atoms with Gasteiger partial charge in [0.25, 0.3) is 0 Å². The first-order valence-corrected chi connectivity index (χ1v) is 3.29. The van der Waals surface area contributed by atoms with E-state index < -0.39 is 0 Å². The summed E-state index contributed by atoms with van der Waals surface area (Å²) in [5.41, 5.74) is 16.2. The number of rotatable bonds is 3. The quantitative estimate of drug-likeness (QED) is 0.209. The van der Waals surface area contributed by atoms with Gasteiger partial charge in [0, 0.05) is 7.05 Å². The molecule has 6 nitrogen and oxygen atoms in total. The second-order valence-corrected chi connectivity index (χ2v) is 2.04. The summed E-state index contributed by atoms with van der Waals surface area (Å²) in [6, 6.07) is 0. The molecule has 0 aromatic heterocycles. The van der Waals surface area contributed by atoms with E-state index in [1.165, 1.54) is 0 Å². The van der Waals surface area contributed by atoms with Gasteiger partial charge in [-0.3, -0.25) is 11.1 Å². The molecule has 0 aliphatic heterocycles. The van der Waals surface area contributed by atoms with E-state index in [9.17, 15) is 0 Å². The van der Waals surface area contributed by atoms with Crippen molar-refractivity contribution in [2.75, 3.05) is 20.8 Å². The minimum Gasteiger partial charge on any atom is -0.370 e. The highest BCUT2D eigenvalue weighted by atomic mass is 15.4. The van der Waals surface area contributed by atoms with Crippen molar-refractivity contribution in [2.45, 2.75) is 6.29 Å². The van der Waals surface area contributed by atoms with Crippen molar-refractivity contribution < 1.29 is 0 Å². The molecule has 0 bridgehead atoms. The zero-order chi connectivity index (χ0) is 8.85. The Labute approximate surface area is 66.4 Å². The SMILES string of the molecule is CNC(N)N(C)C(N)=NCN. The van der Waals surface area contributed by atoms with Gasteiger partial charge in [0.15, 0.2) is 5.96 Å². The number of hydrogen-bond donors (Lipinski definition) is 4. The number of hydrogen-bond acceptors (Lipinski definition) is 4. The first kappa shape index (κ1) is 10.2. The van der Waals surface area contributed by atoms with E-state index in [2.05, 4.69) is 10.3 Å². The third-order valence-corrected chi connectivity index (χ3v) is 1.33. The van der Waals surface area contributed by atoms with Crippen LogP contribution < -0.4 is 22.5 Å². The van der Waals surface area contributed by atoms with Gasteiger partial charge in [0.05, 0.1) is 6.67 Å². The summed E-state index contributed by atoms with van der Waals surface area (Å²) in [6.07, 6.45) is -0.328. The van der Waals surface area contributed by atoms with E-state index >= 15 is 0 Å². The van der Waals surface area contributed by atoms with E-state index in [-0.39, 0.29) is 13.0 Å². The van der Waals surface area contributed by atoms with E-state index in [1.54, 1.807) is 19.0 Å². The number of nitrogens with zero attached hydrogens (tertiary/aromatic N) is 2. The Morgan fingerprint density at radius 2 is 2.27 bits per heavy atom. The average molecular weight is 160 g/mol. The second kappa shape index (κ2) is 4.89. The summed E-state index contributed by atoms with van der Waals surface area (Å²) in [5.74, 6) is 0.328. The van der Waals surface area contributed by atoms with Gasteiger partial charge in [0.2, 0.25) is 0 Å². The summed E-state index contributed by atoms with van der Waals surface area (Å²) in [5, 5.41) is 2.81. The van der Waals surface area contributed by atoms with Crippen LogP contribution >= 0.6 is 0 Å². The minimum atomic E-state index is -0.328. The average Bonchev–Trinajstić information content (AvgIpc) is 2.02. The molecular weight excluding hydrogens is 144 g/mol. The van der Waals surface area contributed by atoms with E-state index in [0.717, 1.165) is 0 Å². The normalized spacial score (nSPS) is 14.7. The smallest absolute Gasteiger partial charge is 0.194 e. The summed E-state index contributed by atoms with van der Waals surface area (Å²) < 4.78 is 0. The van der Waals surface area contributed by atoms with Crippen LogP contribution in [0.2, 0.25) is 0 Å². The molecule has 0 radical (unpaired) electrons. The first-order chi connectivity index (χ1) is 5.13. The summed E-state index contributed by atoms with van der Waals surface area (Å²) in [7, 11) is 3.46. The molecule has 1 atom stereocenters. The Balaban J connectivity index is 4.00. The molecule has 11 heavy (non-hydrogen) atoms. The number of nitrogens with one attached hydrogen (secondary N) is 1.